The van der Waals surface area contributed by atoms with E-state index in [0.717, 1.165) is 18.4 Å². The molecule has 1 aliphatic carbocycles. The number of benzene rings is 1. The number of carbonyl (C=O) groups is 2. The number of hydrogen-bond donors (Lipinski definition) is 2. The van der Waals surface area contributed by atoms with Crippen molar-refractivity contribution in [3.8, 4) is 0 Å². The van der Waals surface area contributed by atoms with E-state index in [0.29, 0.717) is 11.8 Å². The molecule has 0 heterocycles. The molecule has 0 saturated heterocycles. The first-order chi connectivity index (χ1) is 9.63. The van der Waals surface area contributed by atoms with Crippen molar-refractivity contribution < 1.29 is 14.0 Å². The Labute approximate surface area is 121 Å². The normalized spacial score (nSPS) is 13.8. The van der Waals surface area contributed by atoms with Gasteiger partial charge in [-0.3, -0.25) is 9.59 Å². The summed E-state index contributed by atoms with van der Waals surface area (Å²) in [6, 6.07) is 6.51. The third-order valence-electron chi connectivity index (χ3n) is 2.80. The zero-order valence-corrected chi connectivity index (χ0v) is 11.8. The number of amides is 2. The van der Waals surface area contributed by atoms with Crippen LogP contribution in [0.25, 0.3) is 0 Å². The highest BCUT2D eigenvalue weighted by Crippen LogP contribution is 2.18. The van der Waals surface area contributed by atoms with Crippen LogP contribution in [-0.4, -0.2) is 30.2 Å². The first-order valence-corrected chi connectivity index (χ1v) is 7.67. The number of halogens is 1. The molecule has 6 heteroatoms. The molecule has 4 nitrogen and oxygen atoms in total. The average molecular weight is 296 g/mol. The van der Waals surface area contributed by atoms with Crippen molar-refractivity contribution in [1.82, 2.24) is 10.6 Å². The first-order valence-electron chi connectivity index (χ1n) is 6.52. The third kappa shape index (κ3) is 5.61. The zero-order valence-electron chi connectivity index (χ0n) is 11.0. The minimum Gasteiger partial charge on any atom is -0.352 e. The lowest BCUT2D eigenvalue weighted by Gasteiger charge is -2.06. The summed E-state index contributed by atoms with van der Waals surface area (Å²) in [5.74, 6) is 0.362. The molecule has 2 rings (SSSR count). The molecule has 0 bridgehead atoms. The van der Waals surface area contributed by atoms with E-state index in [1.54, 1.807) is 12.1 Å². The van der Waals surface area contributed by atoms with E-state index in [-0.39, 0.29) is 29.9 Å². The maximum Gasteiger partial charge on any atom is 0.239 e. The SMILES string of the molecule is O=C(CSCc1ccc(F)cc1)NCC(=O)NC1CC1. The summed E-state index contributed by atoms with van der Waals surface area (Å²) in [5.41, 5.74) is 0.968. The van der Waals surface area contributed by atoms with Gasteiger partial charge in [-0.15, -0.1) is 11.8 Å². The first kappa shape index (κ1) is 14.8. The van der Waals surface area contributed by atoms with Crippen LogP contribution in [-0.2, 0) is 15.3 Å². The maximum absolute atomic E-state index is 12.7. The van der Waals surface area contributed by atoms with Crippen LogP contribution in [0.4, 0.5) is 4.39 Å². The molecular weight excluding hydrogens is 279 g/mol. The molecule has 108 valence electrons. The Hall–Kier alpha value is -1.56. The van der Waals surface area contributed by atoms with Crippen molar-refractivity contribution in [2.75, 3.05) is 12.3 Å². The molecule has 0 radical (unpaired) electrons. The Morgan fingerprint density at radius 1 is 1.20 bits per heavy atom. The maximum atomic E-state index is 12.7. The Morgan fingerprint density at radius 3 is 2.55 bits per heavy atom. The molecule has 0 spiro atoms. The predicted molar refractivity (Wildman–Crippen MR) is 76.7 cm³/mol. The largest absolute Gasteiger partial charge is 0.352 e. The van der Waals surface area contributed by atoms with Gasteiger partial charge in [-0.25, -0.2) is 4.39 Å². The lowest BCUT2D eigenvalue weighted by atomic mass is 10.2. The van der Waals surface area contributed by atoms with Gasteiger partial charge in [-0.2, -0.15) is 0 Å². The topological polar surface area (TPSA) is 58.2 Å². The fourth-order valence-electron chi connectivity index (χ4n) is 1.58. The van der Waals surface area contributed by atoms with Crippen molar-refractivity contribution in [1.29, 1.82) is 0 Å². The Kier molecular flexibility index (Phi) is 5.40. The third-order valence-corrected chi connectivity index (χ3v) is 3.81. The minimum absolute atomic E-state index is 0.0342. The van der Waals surface area contributed by atoms with Crippen LogP contribution in [0.5, 0.6) is 0 Å². The number of rotatable bonds is 7. The fourth-order valence-corrected chi connectivity index (χ4v) is 2.40. The van der Waals surface area contributed by atoms with E-state index in [2.05, 4.69) is 10.6 Å². The molecule has 1 aromatic rings. The van der Waals surface area contributed by atoms with Crippen LogP contribution >= 0.6 is 11.8 Å². The molecule has 1 saturated carbocycles. The molecule has 2 N–H and O–H groups in total. The van der Waals surface area contributed by atoms with Crippen molar-refractivity contribution in [2.24, 2.45) is 0 Å². The van der Waals surface area contributed by atoms with Crippen molar-refractivity contribution in [2.45, 2.75) is 24.6 Å². The lowest BCUT2D eigenvalue weighted by Crippen LogP contribution is -2.38. The highest BCUT2D eigenvalue weighted by molar-refractivity contribution is 7.99. The molecule has 20 heavy (non-hydrogen) atoms. The van der Waals surface area contributed by atoms with Gasteiger partial charge in [0, 0.05) is 11.8 Å². The second-order valence-corrected chi connectivity index (χ2v) is 5.72. The quantitative estimate of drug-likeness (QED) is 0.801. The molecule has 2 amide bonds. The summed E-state index contributed by atoms with van der Waals surface area (Å²) in [7, 11) is 0. The van der Waals surface area contributed by atoms with Gasteiger partial charge in [-0.05, 0) is 30.5 Å². The fraction of sp³-hybridized carbons (Fsp3) is 0.429. The highest BCUT2D eigenvalue weighted by Gasteiger charge is 2.23. The van der Waals surface area contributed by atoms with Crippen molar-refractivity contribution in [3.63, 3.8) is 0 Å². The van der Waals surface area contributed by atoms with Gasteiger partial charge in [0.05, 0.1) is 12.3 Å². The van der Waals surface area contributed by atoms with Crippen molar-refractivity contribution >= 4 is 23.6 Å². The monoisotopic (exact) mass is 296 g/mol. The van der Waals surface area contributed by atoms with E-state index in [1.807, 2.05) is 0 Å². The minimum atomic E-state index is -0.266. The van der Waals surface area contributed by atoms with Gasteiger partial charge >= 0.3 is 0 Å². The highest BCUT2D eigenvalue weighted by atomic mass is 32.2. The summed E-state index contributed by atoms with van der Waals surface area (Å²) in [6.07, 6.45) is 2.07. The second-order valence-electron chi connectivity index (χ2n) is 4.74. The number of nitrogens with one attached hydrogen (secondary N) is 2. The zero-order chi connectivity index (χ0) is 14.4. The van der Waals surface area contributed by atoms with E-state index >= 15 is 0 Å². The van der Waals surface area contributed by atoms with Gasteiger partial charge in [0.15, 0.2) is 0 Å². The molecule has 1 aliphatic rings. The van der Waals surface area contributed by atoms with Crippen LogP contribution in [0, 0.1) is 5.82 Å². The number of thioether (sulfide) groups is 1. The molecule has 0 unspecified atom stereocenters. The van der Waals surface area contributed by atoms with Crippen LogP contribution in [0.15, 0.2) is 24.3 Å². The Bertz CT molecular complexity index is 475. The lowest BCUT2D eigenvalue weighted by molar-refractivity contribution is -0.124. The second kappa shape index (κ2) is 7.28. The summed E-state index contributed by atoms with van der Waals surface area (Å²) in [4.78, 5) is 22.9. The standard InChI is InChI=1S/C14H17FN2O2S/c15-11-3-1-10(2-4-11)8-20-9-14(19)16-7-13(18)17-12-5-6-12/h1-4,12H,5-9H2,(H,16,19)(H,17,18). The summed E-state index contributed by atoms with van der Waals surface area (Å²) < 4.78 is 12.7. The van der Waals surface area contributed by atoms with Gasteiger partial charge in [0.2, 0.25) is 11.8 Å². The van der Waals surface area contributed by atoms with E-state index in [9.17, 15) is 14.0 Å². The smallest absolute Gasteiger partial charge is 0.239 e. The van der Waals surface area contributed by atoms with Crippen LogP contribution in [0.3, 0.4) is 0 Å². The predicted octanol–water partition coefficient (Wildman–Crippen LogP) is 1.45. The summed E-state index contributed by atoms with van der Waals surface area (Å²) >= 11 is 1.43. The van der Waals surface area contributed by atoms with Crippen LogP contribution in [0.1, 0.15) is 18.4 Å². The van der Waals surface area contributed by atoms with E-state index in [4.69, 9.17) is 0 Å². The molecule has 0 aliphatic heterocycles. The molecule has 1 fully saturated rings. The van der Waals surface area contributed by atoms with E-state index in [1.165, 1.54) is 23.9 Å². The summed E-state index contributed by atoms with van der Waals surface area (Å²) in [6.45, 7) is 0.0342. The van der Waals surface area contributed by atoms with Gasteiger partial charge in [-0.1, -0.05) is 12.1 Å². The molecule has 0 atom stereocenters. The van der Waals surface area contributed by atoms with Gasteiger partial charge in [0.25, 0.3) is 0 Å². The van der Waals surface area contributed by atoms with Crippen molar-refractivity contribution in [3.05, 3.63) is 35.6 Å². The number of hydrogen-bond acceptors (Lipinski definition) is 3. The van der Waals surface area contributed by atoms with Crippen LogP contribution in [0.2, 0.25) is 0 Å². The summed E-state index contributed by atoms with van der Waals surface area (Å²) in [5, 5.41) is 5.38. The number of carbonyl (C=O) groups excluding carboxylic acids is 2. The van der Waals surface area contributed by atoms with Gasteiger partial charge in [0.1, 0.15) is 5.82 Å². The average Bonchev–Trinajstić information content (AvgIpc) is 3.23. The Morgan fingerprint density at radius 2 is 1.90 bits per heavy atom. The Balaban J connectivity index is 1.57. The molecular formula is C14H17FN2O2S. The van der Waals surface area contributed by atoms with Gasteiger partial charge < -0.3 is 10.6 Å². The van der Waals surface area contributed by atoms with E-state index < -0.39 is 0 Å². The molecule has 0 aromatic heterocycles. The molecule has 1 aromatic carbocycles. The van der Waals surface area contributed by atoms with Crippen LogP contribution < -0.4 is 10.6 Å².